The van der Waals surface area contributed by atoms with Crippen LogP contribution in [0.3, 0.4) is 0 Å². The highest BCUT2D eigenvalue weighted by Gasteiger charge is 2.26. The highest BCUT2D eigenvalue weighted by atomic mass is 16.6. The zero-order valence-electron chi connectivity index (χ0n) is 11.9. The van der Waals surface area contributed by atoms with Gasteiger partial charge < -0.3 is 10.2 Å². The standard InChI is InChI=1S/C15H19N3O3/c19-15-14-10-13(18(20)21)5-2-11(14)6-9-17(15)8-1-7-16-12-3-4-12/h2,5,10,12,16H,1,3-4,6-9H2. The van der Waals surface area contributed by atoms with Gasteiger partial charge in [-0.05, 0) is 37.8 Å². The summed E-state index contributed by atoms with van der Waals surface area (Å²) in [5.41, 5.74) is 1.39. The summed E-state index contributed by atoms with van der Waals surface area (Å²) in [7, 11) is 0. The molecule has 3 rings (SSSR count). The number of fused-ring (bicyclic) bond motifs is 1. The molecule has 1 saturated carbocycles. The lowest BCUT2D eigenvalue weighted by atomic mass is 9.98. The largest absolute Gasteiger partial charge is 0.338 e. The molecule has 0 saturated heterocycles. The van der Waals surface area contributed by atoms with Crippen LogP contribution in [0, 0.1) is 10.1 Å². The predicted molar refractivity (Wildman–Crippen MR) is 78.3 cm³/mol. The lowest BCUT2D eigenvalue weighted by molar-refractivity contribution is -0.384. The van der Waals surface area contributed by atoms with Gasteiger partial charge in [-0.2, -0.15) is 0 Å². The van der Waals surface area contributed by atoms with Crippen molar-refractivity contribution < 1.29 is 9.72 Å². The molecule has 0 aromatic heterocycles. The Morgan fingerprint density at radius 1 is 1.38 bits per heavy atom. The van der Waals surface area contributed by atoms with E-state index in [1.807, 2.05) is 0 Å². The number of non-ortho nitro benzene ring substituents is 1. The number of hydrogen-bond donors (Lipinski definition) is 1. The van der Waals surface area contributed by atoms with E-state index in [0.717, 1.165) is 24.9 Å². The molecule has 2 aliphatic rings. The number of nitro groups is 1. The average Bonchev–Trinajstić information content (AvgIpc) is 3.29. The first-order valence-corrected chi connectivity index (χ1v) is 7.45. The van der Waals surface area contributed by atoms with E-state index in [1.54, 1.807) is 11.0 Å². The second-order valence-corrected chi connectivity index (χ2v) is 5.72. The number of nitrogens with one attached hydrogen (secondary N) is 1. The summed E-state index contributed by atoms with van der Waals surface area (Å²) < 4.78 is 0. The number of hydrogen-bond acceptors (Lipinski definition) is 4. The van der Waals surface area contributed by atoms with Crippen molar-refractivity contribution in [2.75, 3.05) is 19.6 Å². The van der Waals surface area contributed by atoms with Crippen molar-refractivity contribution in [3.8, 4) is 0 Å². The van der Waals surface area contributed by atoms with Crippen molar-refractivity contribution >= 4 is 11.6 Å². The van der Waals surface area contributed by atoms with Crippen LogP contribution in [0.25, 0.3) is 0 Å². The quantitative estimate of drug-likeness (QED) is 0.491. The molecular weight excluding hydrogens is 270 g/mol. The third kappa shape index (κ3) is 3.21. The number of carbonyl (C=O) groups excluding carboxylic acids is 1. The van der Waals surface area contributed by atoms with E-state index in [4.69, 9.17) is 0 Å². The molecule has 0 spiro atoms. The van der Waals surface area contributed by atoms with Gasteiger partial charge in [0, 0.05) is 36.8 Å². The average molecular weight is 289 g/mol. The molecule has 1 aromatic carbocycles. The summed E-state index contributed by atoms with van der Waals surface area (Å²) in [6.07, 6.45) is 4.22. The molecule has 1 heterocycles. The summed E-state index contributed by atoms with van der Waals surface area (Å²) in [6, 6.07) is 5.27. The van der Waals surface area contributed by atoms with E-state index in [9.17, 15) is 14.9 Å². The first-order valence-electron chi connectivity index (χ1n) is 7.45. The van der Waals surface area contributed by atoms with Crippen LogP contribution >= 0.6 is 0 Å². The number of benzene rings is 1. The van der Waals surface area contributed by atoms with Gasteiger partial charge in [0.2, 0.25) is 0 Å². The van der Waals surface area contributed by atoms with Crippen molar-refractivity contribution in [3.05, 3.63) is 39.4 Å². The van der Waals surface area contributed by atoms with Crippen LogP contribution in [0.2, 0.25) is 0 Å². The Bertz CT molecular complexity index is 569. The molecule has 1 fully saturated rings. The lowest BCUT2D eigenvalue weighted by Crippen LogP contribution is -2.39. The molecule has 1 aromatic rings. The highest BCUT2D eigenvalue weighted by molar-refractivity contribution is 5.97. The summed E-state index contributed by atoms with van der Waals surface area (Å²) in [4.78, 5) is 24.6. The zero-order chi connectivity index (χ0) is 14.8. The van der Waals surface area contributed by atoms with Crippen LogP contribution in [-0.2, 0) is 6.42 Å². The van der Waals surface area contributed by atoms with Gasteiger partial charge in [-0.15, -0.1) is 0 Å². The second-order valence-electron chi connectivity index (χ2n) is 5.72. The highest BCUT2D eigenvalue weighted by Crippen LogP contribution is 2.24. The molecule has 1 aliphatic carbocycles. The van der Waals surface area contributed by atoms with E-state index >= 15 is 0 Å². The van der Waals surface area contributed by atoms with Gasteiger partial charge in [0.15, 0.2) is 0 Å². The molecule has 6 heteroatoms. The SMILES string of the molecule is O=C1c2cc([N+](=O)[O-])ccc2CCN1CCCNC1CC1. The molecule has 112 valence electrons. The predicted octanol–water partition coefficient (Wildman–Crippen LogP) is 1.74. The summed E-state index contributed by atoms with van der Waals surface area (Å²) in [6.45, 7) is 2.34. The van der Waals surface area contributed by atoms with E-state index < -0.39 is 4.92 Å². The number of carbonyl (C=O) groups is 1. The molecule has 1 aliphatic heterocycles. The Labute approximate surface area is 123 Å². The zero-order valence-corrected chi connectivity index (χ0v) is 11.9. The number of nitrogens with zero attached hydrogens (tertiary/aromatic N) is 2. The molecule has 1 amide bonds. The number of amides is 1. The first kappa shape index (κ1) is 14.0. The normalized spacial score (nSPS) is 17.7. The van der Waals surface area contributed by atoms with Gasteiger partial charge >= 0.3 is 0 Å². The lowest BCUT2D eigenvalue weighted by Gasteiger charge is -2.28. The van der Waals surface area contributed by atoms with Gasteiger partial charge in [0.25, 0.3) is 11.6 Å². The Morgan fingerprint density at radius 2 is 2.19 bits per heavy atom. The maximum absolute atomic E-state index is 12.4. The molecule has 21 heavy (non-hydrogen) atoms. The summed E-state index contributed by atoms with van der Waals surface area (Å²) in [5.74, 6) is -0.0774. The number of rotatable bonds is 6. The fraction of sp³-hybridized carbons (Fsp3) is 0.533. The molecule has 0 bridgehead atoms. The van der Waals surface area contributed by atoms with Gasteiger partial charge in [0.1, 0.15) is 0 Å². The molecular formula is C15H19N3O3. The minimum Gasteiger partial charge on any atom is -0.338 e. The molecule has 0 atom stereocenters. The van der Waals surface area contributed by atoms with Gasteiger partial charge in [-0.1, -0.05) is 6.07 Å². The first-order chi connectivity index (χ1) is 10.1. The third-order valence-electron chi connectivity index (χ3n) is 4.09. The van der Waals surface area contributed by atoms with Gasteiger partial charge in [-0.3, -0.25) is 14.9 Å². The van der Waals surface area contributed by atoms with Crippen LogP contribution < -0.4 is 5.32 Å². The monoisotopic (exact) mass is 289 g/mol. The second kappa shape index (κ2) is 5.81. The topological polar surface area (TPSA) is 75.5 Å². The minimum absolute atomic E-state index is 0.0145. The van der Waals surface area contributed by atoms with E-state index in [-0.39, 0.29) is 11.6 Å². The maximum atomic E-state index is 12.4. The van der Waals surface area contributed by atoms with Gasteiger partial charge in [-0.25, -0.2) is 0 Å². The van der Waals surface area contributed by atoms with Crippen LogP contribution in [0.15, 0.2) is 18.2 Å². The smallest absolute Gasteiger partial charge is 0.270 e. The fourth-order valence-electron chi connectivity index (χ4n) is 2.70. The molecule has 0 radical (unpaired) electrons. The van der Waals surface area contributed by atoms with E-state index in [2.05, 4.69) is 5.32 Å². The van der Waals surface area contributed by atoms with Crippen LogP contribution in [0.1, 0.15) is 35.2 Å². The van der Waals surface area contributed by atoms with Crippen molar-refractivity contribution in [2.45, 2.75) is 31.7 Å². The van der Waals surface area contributed by atoms with Crippen molar-refractivity contribution in [1.82, 2.24) is 10.2 Å². The Balaban J connectivity index is 1.62. The van der Waals surface area contributed by atoms with Crippen LogP contribution in [-0.4, -0.2) is 41.4 Å². The minimum atomic E-state index is -0.452. The summed E-state index contributed by atoms with van der Waals surface area (Å²) in [5, 5.41) is 14.3. The third-order valence-corrected chi connectivity index (χ3v) is 4.09. The Hall–Kier alpha value is -1.95. The Morgan fingerprint density at radius 3 is 2.90 bits per heavy atom. The number of nitro benzene ring substituents is 1. The fourth-order valence-corrected chi connectivity index (χ4v) is 2.70. The van der Waals surface area contributed by atoms with E-state index in [1.165, 1.54) is 25.0 Å². The van der Waals surface area contributed by atoms with Crippen molar-refractivity contribution in [1.29, 1.82) is 0 Å². The van der Waals surface area contributed by atoms with Crippen molar-refractivity contribution in [2.24, 2.45) is 0 Å². The van der Waals surface area contributed by atoms with Crippen LogP contribution in [0.4, 0.5) is 5.69 Å². The Kier molecular flexibility index (Phi) is 3.88. The summed E-state index contributed by atoms with van der Waals surface area (Å²) >= 11 is 0. The molecule has 0 unspecified atom stereocenters. The van der Waals surface area contributed by atoms with Gasteiger partial charge in [0.05, 0.1) is 4.92 Å². The van der Waals surface area contributed by atoms with Crippen molar-refractivity contribution in [3.63, 3.8) is 0 Å². The van der Waals surface area contributed by atoms with E-state index in [0.29, 0.717) is 24.7 Å². The van der Waals surface area contributed by atoms with Crippen LogP contribution in [0.5, 0.6) is 0 Å². The molecule has 1 N–H and O–H groups in total. The maximum Gasteiger partial charge on any atom is 0.270 e. The molecule has 6 nitrogen and oxygen atoms in total.